The third kappa shape index (κ3) is 4.56. The van der Waals surface area contributed by atoms with Gasteiger partial charge in [0.25, 0.3) is 0 Å². The molecule has 1 aromatic heterocycles. The normalized spacial score (nSPS) is 22.8. The highest BCUT2D eigenvalue weighted by Gasteiger charge is 2.39. The Hall–Kier alpha value is -1.97. The highest BCUT2D eigenvalue weighted by Crippen LogP contribution is 2.32. The van der Waals surface area contributed by atoms with Crippen molar-refractivity contribution in [1.29, 1.82) is 0 Å². The molecule has 0 aliphatic carbocycles. The number of ketones is 1. The summed E-state index contributed by atoms with van der Waals surface area (Å²) in [5.41, 5.74) is 0.838. The van der Waals surface area contributed by atoms with Crippen molar-refractivity contribution in [2.24, 2.45) is 0 Å². The summed E-state index contributed by atoms with van der Waals surface area (Å²) in [5.74, 6) is 7.28. The van der Waals surface area contributed by atoms with E-state index < -0.39 is 0 Å². The molecule has 2 unspecified atom stereocenters. The van der Waals surface area contributed by atoms with Crippen LogP contribution in [0, 0.1) is 11.8 Å². The van der Waals surface area contributed by atoms with E-state index in [0.29, 0.717) is 25.0 Å². The Balaban J connectivity index is 1.57. The largest absolute Gasteiger partial charge is 0.332 e. The van der Waals surface area contributed by atoms with Crippen LogP contribution in [0.3, 0.4) is 0 Å². The van der Waals surface area contributed by atoms with Gasteiger partial charge in [-0.1, -0.05) is 11.8 Å². The number of hydrogen-bond acceptors (Lipinski definition) is 6. The smallest absolute Gasteiger partial charge is 0.225 e. The quantitative estimate of drug-likeness (QED) is 0.746. The van der Waals surface area contributed by atoms with Crippen molar-refractivity contribution < 1.29 is 4.79 Å². The molecule has 2 bridgehead atoms. The Morgan fingerprint density at radius 3 is 2.52 bits per heavy atom. The lowest BCUT2D eigenvalue weighted by molar-refractivity contribution is -0.117. The lowest BCUT2D eigenvalue weighted by Gasteiger charge is -2.39. The van der Waals surface area contributed by atoms with Crippen molar-refractivity contribution in [2.75, 3.05) is 45.2 Å². The molecule has 2 saturated heterocycles. The number of piperazine rings is 1. The summed E-state index contributed by atoms with van der Waals surface area (Å²) in [6.45, 7) is 5.18. The highest BCUT2D eigenvalue weighted by atomic mass is 16.1. The molecule has 0 N–H and O–H groups in total. The lowest BCUT2D eigenvalue weighted by atomic mass is 10.2. The molecule has 0 spiro atoms. The Morgan fingerprint density at radius 2 is 1.92 bits per heavy atom. The average molecular weight is 341 g/mol. The molecule has 1 aromatic rings. The fourth-order valence-corrected chi connectivity index (χ4v) is 3.66. The van der Waals surface area contributed by atoms with Crippen LogP contribution in [0.4, 0.5) is 5.95 Å². The number of anilines is 1. The van der Waals surface area contributed by atoms with Gasteiger partial charge in [-0.15, -0.1) is 0 Å². The third-order valence-electron chi connectivity index (χ3n) is 4.96. The van der Waals surface area contributed by atoms with Gasteiger partial charge in [-0.05, 0) is 33.9 Å². The fourth-order valence-electron chi connectivity index (χ4n) is 3.66. The predicted molar refractivity (Wildman–Crippen MR) is 98.5 cm³/mol. The molecule has 0 radical (unpaired) electrons. The zero-order chi connectivity index (χ0) is 17.8. The summed E-state index contributed by atoms with van der Waals surface area (Å²) in [6.07, 6.45) is 6.67. The Morgan fingerprint density at radius 1 is 1.28 bits per heavy atom. The van der Waals surface area contributed by atoms with Crippen molar-refractivity contribution in [1.82, 2.24) is 19.8 Å². The van der Waals surface area contributed by atoms with Crippen LogP contribution in [0.1, 0.15) is 31.7 Å². The van der Waals surface area contributed by atoms with Gasteiger partial charge in [-0.3, -0.25) is 9.69 Å². The molecule has 0 amide bonds. The van der Waals surface area contributed by atoms with Crippen molar-refractivity contribution in [2.45, 2.75) is 38.3 Å². The van der Waals surface area contributed by atoms with Crippen LogP contribution < -0.4 is 4.90 Å². The lowest BCUT2D eigenvalue weighted by Crippen LogP contribution is -2.53. The van der Waals surface area contributed by atoms with Crippen molar-refractivity contribution in [3.63, 3.8) is 0 Å². The maximum atomic E-state index is 11.0. The van der Waals surface area contributed by atoms with E-state index in [-0.39, 0.29) is 5.78 Å². The minimum atomic E-state index is 0.210. The molecule has 2 atom stereocenters. The standard InChI is InChI=1S/C19H27N5O/c1-15(25)8-10-22(2)9-4-5-16-11-20-19(21-12-16)24-17-6-7-18(24)14-23(3)13-17/h11-12,17-18H,6-10,13-14H2,1-3H3. The molecule has 3 rings (SSSR count). The molecule has 6 heteroatoms. The number of likely N-dealkylation sites (N-methyl/N-ethyl adjacent to an activating group) is 1. The second-order valence-electron chi connectivity index (χ2n) is 7.28. The molecule has 2 aliphatic rings. The second-order valence-corrected chi connectivity index (χ2v) is 7.28. The molecule has 3 heterocycles. The van der Waals surface area contributed by atoms with Crippen LogP contribution in [0.15, 0.2) is 12.4 Å². The second kappa shape index (κ2) is 7.94. The fraction of sp³-hybridized carbons (Fsp3) is 0.632. The topological polar surface area (TPSA) is 52.6 Å². The number of carbonyl (C=O) groups excluding carboxylic acids is 1. The molecular formula is C19H27N5O. The van der Waals surface area contributed by atoms with Crippen LogP contribution in [0.2, 0.25) is 0 Å². The van der Waals surface area contributed by atoms with Crippen LogP contribution >= 0.6 is 0 Å². The number of carbonyl (C=O) groups is 1. The SMILES string of the molecule is CC(=O)CCN(C)CC#Cc1cnc(N2C3CCC2CN(C)C3)nc1. The van der Waals surface area contributed by atoms with E-state index in [1.807, 2.05) is 24.3 Å². The Bertz CT molecular complexity index is 649. The highest BCUT2D eigenvalue weighted by molar-refractivity contribution is 5.75. The number of fused-ring (bicyclic) bond motifs is 2. The van der Waals surface area contributed by atoms with Gasteiger partial charge < -0.3 is 9.80 Å². The first-order valence-electron chi connectivity index (χ1n) is 8.98. The number of likely N-dealkylation sites (tertiary alicyclic amines) is 1. The summed E-state index contributed by atoms with van der Waals surface area (Å²) < 4.78 is 0. The van der Waals surface area contributed by atoms with Gasteiger partial charge in [0.1, 0.15) is 5.78 Å². The molecule has 0 aromatic carbocycles. The molecular weight excluding hydrogens is 314 g/mol. The monoisotopic (exact) mass is 341 g/mol. The summed E-state index contributed by atoms with van der Waals surface area (Å²) >= 11 is 0. The molecule has 25 heavy (non-hydrogen) atoms. The van der Waals surface area contributed by atoms with Gasteiger partial charge >= 0.3 is 0 Å². The van der Waals surface area contributed by atoms with Crippen LogP contribution in [-0.4, -0.2) is 77.9 Å². The molecule has 134 valence electrons. The summed E-state index contributed by atoms with van der Waals surface area (Å²) in [5, 5.41) is 0. The first-order valence-corrected chi connectivity index (χ1v) is 8.98. The van der Waals surface area contributed by atoms with E-state index in [1.165, 1.54) is 12.8 Å². The number of hydrogen-bond donors (Lipinski definition) is 0. The van der Waals surface area contributed by atoms with E-state index >= 15 is 0 Å². The van der Waals surface area contributed by atoms with E-state index in [1.54, 1.807) is 6.92 Å². The maximum Gasteiger partial charge on any atom is 0.225 e. The maximum absolute atomic E-state index is 11.0. The average Bonchev–Trinajstić information content (AvgIpc) is 2.85. The molecule has 2 fully saturated rings. The van der Waals surface area contributed by atoms with E-state index in [0.717, 1.165) is 31.1 Å². The number of nitrogens with zero attached hydrogens (tertiary/aromatic N) is 5. The Labute approximate surface area is 150 Å². The van der Waals surface area contributed by atoms with Crippen molar-refractivity contribution >= 4 is 11.7 Å². The number of aromatic nitrogens is 2. The van der Waals surface area contributed by atoms with Gasteiger partial charge in [0.05, 0.1) is 12.1 Å². The first kappa shape index (κ1) is 17.8. The van der Waals surface area contributed by atoms with E-state index in [4.69, 9.17) is 0 Å². The van der Waals surface area contributed by atoms with Gasteiger partial charge in [0.15, 0.2) is 0 Å². The minimum absolute atomic E-state index is 0.210. The molecule has 2 aliphatic heterocycles. The van der Waals surface area contributed by atoms with Gasteiger partial charge in [0, 0.05) is 50.5 Å². The van der Waals surface area contributed by atoms with Crippen LogP contribution in [0.25, 0.3) is 0 Å². The predicted octanol–water partition coefficient (Wildman–Crippen LogP) is 1.02. The molecule has 6 nitrogen and oxygen atoms in total. The van der Waals surface area contributed by atoms with Crippen molar-refractivity contribution in [3.8, 4) is 11.8 Å². The van der Waals surface area contributed by atoms with Gasteiger partial charge in [0.2, 0.25) is 5.95 Å². The third-order valence-corrected chi connectivity index (χ3v) is 4.96. The first-order chi connectivity index (χ1) is 12.0. The van der Waals surface area contributed by atoms with Crippen LogP contribution in [-0.2, 0) is 4.79 Å². The van der Waals surface area contributed by atoms with E-state index in [9.17, 15) is 4.79 Å². The van der Waals surface area contributed by atoms with Gasteiger partial charge in [-0.2, -0.15) is 0 Å². The van der Waals surface area contributed by atoms with Crippen molar-refractivity contribution in [3.05, 3.63) is 18.0 Å². The number of rotatable bonds is 5. The number of Topliss-reactive ketones (excluding diaryl/α,β-unsaturated/α-hetero) is 1. The zero-order valence-corrected chi connectivity index (χ0v) is 15.4. The van der Waals surface area contributed by atoms with Gasteiger partial charge in [-0.25, -0.2) is 9.97 Å². The van der Waals surface area contributed by atoms with E-state index in [2.05, 4.69) is 38.7 Å². The zero-order valence-electron chi connectivity index (χ0n) is 15.4. The summed E-state index contributed by atoms with van der Waals surface area (Å²) in [6, 6.07) is 1.08. The Kier molecular flexibility index (Phi) is 5.67. The minimum Gasteiger partial charge on any atom is -0.332 e. The molecule has 0 saturated carbocycles. The summed E-state index contributed by atoms with van der Waals surface area (Å²) in [7, 11) is 4.16. The van der Waals surface area contributed by atoms with Crippen LogP contribution in [0.5, 0.6) is 0 Å². The summed E-state index contributed by atoms with van der Waals surface area (Å²) in [4.78, 5) is 27.0.